The molecule has 6 heteroatoms. The van der Waals surface area contributed by atoms with E-state index in [0.29, 0.717) is 4.90 Å². The highest BCUT2D eigenvalue weighted by molar-refractivity contribution is 7.90. The van der Waals surface area contributed by atoms with Crippen LogP contribution in [0.5, 0.6) is 0 Å². The minimum Gasteiger partial charge on any atom is -0.362 e. The zero-order chi connectivity index (χ0) is 20.4. The van der Waals surface area contributed by atoms with E-state index in [9.17, 15) is 8.42 Å². The summed E-state index contributed by atoms with van der Waals surface area (Å²) in [5.74, 6) is 0. The lowest BCUT2D eigenvalue weighted by molar-refractivity contribution is 0.489. The van der Waals surface area contributed by atoms with Crippen molar-refractivity contribution in [1.29, 1.82) is 0 Å². The Balaban J connectivity index is 0.00000256. The van der Waals surface area contributed by atoms with Crippen LogP contribution in [0.3, 0.4) is 0 Å². The molecule has 1 unspecified atom stereocenters. The number of nitrogens with zero attached hydrogens (tertiary/aromatic N) is 1. The average molecular weight is 443 g/mol. The van der Waals surface area contributed by atoms with Crippen LogP contribution in [0.1, 0.15) is 17.2 Å². The molecule has 0 amide bonds. The van der Waals surface area contributed by atoms with Gasteiger partial charge in [-0.3, -0.25) is 0 Å². The van der Waals surface area contributed by atoms with Crippen LogP contribution < -0.4 is 10.2 Å². The number of benzene rings is 3. The standard InChI is InChI=1S/C24H26N2O2S.ClH/c1-18-8-3-5-12-22(18)26-15-14-25-17-23(26)20-10-7-9-19(16-20)21-11-4-6-13-24(21)29(2,27)28;/h3-13,16,23,25H,14-15,17H2,1-2H3;1H. The number of hydrogen-bond acceptors (Lipinski definition) is 4. The zero-order valence-electron chi connectivity index (χ0n) is 17.2. The third kappa shape index (κ3) is 4.53. The molecule has 1 heterocycles. The van der Waals surface area contributed by atoms with Crippen molar-refractivity contribution in [2.24, 2.45) is 0 Å². The van der Waals surface area contributed by atoms with E-state index < -0.39 is 9.84 Å². The van der Waals surface area contributed by atoms with Crippen LogP contribution >= 0.6 is 12.4 Å². The highest BCUT2D eigenvalue weighted by Crippen LogP contribution is 2.34. The van der Waals surface area contributed by atoms with E-state index in [1.165, 1.54) is 23.1 Å². The largest absolute Gasteiger partial charge is 0.362 e. The summed E-state index contributed by atoms with van der Waals surface area (Å²) in [6.07, 6.45) is 1.26. The Bertz CT molecular complexity index is 1130. The highest BCUT2D eigenvalue weighted by atomic mass is 35.5. The summed E-state index contributed by atoms with van der Waals surface area (Å²) in [6, 6.07) is 24.2. The van der Waals surface area contributed by atoms with Crippen LogP contribution in [0, 0.1) is 6.92 Å². The molecule has 1 N–H and O–H groups in total. The fraction of sp³-hybridized carbons (Fsp3) is 0.250. The number of halogens is 1. The molecule has 1 atom stereocenters. The van der Waals surface area contributed by atoms with Gasteiger partial charge in [-0.25, -0.2) is 8.42 Å². The van der Waals surface area contributed by atoms with Gasteiger partial charge >= 0.3 is 0 Å². The molecule has 1 aliphatic heterocycles. The molecule has 1 fully saturated rings. The lowest BCUT2D eigenvalue weighted by atomic mass is 9.96. The van der Waals surface area contributed by atoms with Crippen molar-refractivity contribution in [3.63, 3.8) is 0 Å². The van der Waals surface area contributed by atoms with E-state index in [0.717, 1.165) is 30.8 Å². The first kappa shape index (κ1) is 22.3. The highest BCUT2D eigenvalue weighted by Gasteiger charge is 2.25. The van der Waals surface area contributed by atoms with E-state index >= 15 is 0 Å². The molecule has 0 bridgehead atoms. The van der Waals surface area contributed by atoms with Crippen LogP contribution in [0.25, 0.3) is 11.1 Å². The molecule has 1 aliphatic rings. The molecule has 0 saturated carbocycles. The summed E-state index contributed by atoms with van der Waals surface area (Å²) in [5, 5.41) is 3.51. The van der Waals surface area contributed by atoms with Crippen molar-refractivity contribution in [2.45, 2.75) is 17.9 Å². The van der Waals surface area contributed by atoms with Gasteiger partial charge in [-0.05, 0) is 41.8 Å². The number of para-hydroxylation sites is 1. The first-order valence-electron chi connectivity index (χ1n) is 9.87. The summed E-state index contributed by atoms with van der Waals surface area (Å²) in [6.45, 7) is 4.87. The number of aryl methyl sites for hydroxylation is 1. The van der Waals surface area contributed by atoms with Crippen molar-refractivity contribution < 1.29 is 8.42 Å². The van der Waals surface area contributed by atoms with Crippen LogP contribution in [0.2, 0.25) is 0 Å². The molecular formula is C24H27ClN2O2S. The maximum atomic E-state index is 12.3. The van der Waals surface area contributed by atoms with E-state index in [1.54, 1.807) is 12.1 Å². The zero-order valence-corrected chi connectivity index (χ0v) is 18.8. The van der Waals surface area contributed by atoms with E-state index in [2.05, 4.69) is 53.5 Å². The molecule has 0 radical (unpaired) electrons. The minimum atomic E-state index is -3.30. The van der Waals surface area contributed by atoms with Gasteiger partial charge in [-0.2, -0.15) is 0 Å². The van der Waals surface area contributed by atoms with Gasteiger partial charge in [0, 0.05) is 37.1 Å². The molecule has 30 heavy (non-hydrogen) atoms. The first-order chi connectivity index (χ1) is 13.9. The monoisotopic (exact) mass is 442 g/mol. The molecular weight excluding hydrogens is 416 g/mol. The Hall–Kier alpha value is -2.34. The Morgan fingerprint density at radius 1 is 0.967 bits per heavy atom. The SMILES string of the molecule is Cc1ccccc1N1CCNCC1c1cccc(-c2ccccc2S(C)(=O)=O)c1.Cl. The lowest BCUT2D eigenvalue weighted by Crippen LogP contribution is -2.46. The van der Waals surface area contributed by atoms with Gasteiger partial charge in [0.2, 0.25) is 0 Å². The Morgan fingerprint density at radius 3 is 2.47 bits per heavy atom. The predicted octanol–water partition coefficient (Wildman–Crippen LogP) is 4.64. The van der Waals surface area contributed by atoms with Gasteiger partial charge in [-0.15, -0.1) is 12.4 Å². The van der Waals surface area contributed by atoms with Crippen molar-refractivity contribution in [3.05, 3.63) is 83.9 Å². The maximum absolute atomic E-state index is 12.3. The Kier molecular flexibility index (Phi) is 6.86. The van der Waals surface area contributed by atoms with Crippen molar-refractivity contribution in [3.8, 4) is 11.1 Å². The molecule has 0 aromatic heterocycles. The summed E-state index contributed by atoms with van der Waals surface area (Å²) in [7, 11) is -3.30. The smallest absolute Gasteiger partial charge is 0.176 e. The molecule has 0 aliphatic carbocycles. The quantitative estimate of drug-likeness (QED) is 0.639. The second-order valence-corrected chi connectivity index (χ2v) is 9.58. The fourth-order valence-corrected chi connectivity index (χ4v) is 5.03. The summed E-state index contributed by atoms with van der Waals surface area (Å²) in [5.41, 5.74) is 5.38. The topological polar surface area (TPSA) is 49.4 Å². The van der Waals surface area contributed by atoms with Gasteiger partial charge in [0.25, 0.3) is 0 Å². The second-order valence-electron chi connectivity index (χ2n) is 7.59. The fourth-order valence-electron chi connectivity index (χ4n) is 4.12. The third-order valence-corrected chi connectivity index (χ3v) is 6.69. The van der Waals surface area contributed by atoms with Gasteiger partial charge < -0.3 is 10.2 Å². The molecule has 1 saturated heterocycles. The molecule has 4 nitrogen and oxygen atoms in total. The minimum absolute atomic E-state index is 0. The molecule has 3 aromatic carbocycles. The van der Waals surface area contributed by atoms with E-state index in [4.69, 9.17) is 0 Å². The van der Waals surface area contributed by atoms with Gasteiger partial charge in [0.05, 0.1) is 10.9 Å². The lowest BCUT2D eigenvalue weighted by Gasteiger charge is -2.39. The number of rotatable bonds is 4. The number of nitrogens with one attached hydrogen (secondary N) is 1. The number of sulfone groups is 1. The average Bonchev–Trinajstić information content (AvgIpc) is 2.74. The van der Waals surface area contributed by atoms with Crippen molar-refractivity contribution in [1.82, 2.24) is 5.32 Å². The predicted molar refractivity (Wildman–Crippen MR) is 126 cm³/mol. The van der Waals surface area contributed by atoms with Crippen LogP contribution in [0.15, 0.2) is 77.7 Å². The van der Waals surface area contributed by atoms with Crippen LogP contribution in [0.4, 0.5) is 5.69 Å². The van der Waals surface area contributed by atoms with Crippen LogP contribution in [-0.2, 0) is 9.84 Å². The van der Waals surface area contributed by atoms with Crippen molar-refractivity contribution in [2.75, 3.05) is 30.8 Å². The molecule has 4 rings (SSSR count). The number of piperazine rings is 1. The van der Waals surface area contributed by atoms with Gasteiger partial charge in [0.1, 0.15) is 0 Å². The van der Waals surface area contributed by atoms with E-state index in [-0.39, 0.29) is 18.4 Å². The molecule has 0 spiro atoms. The third-order valence-electron chi connectivity index (χ3n) is 5.54. The Labute approximate surface area is 185 Å². The normalized spacial score (nSPS) is 16.7. The second kappa shape index (κ2) is 9.21. The maximum Gasteiger partial charge on any atom is 0.176 e. The molecule has 158 valence electrons. The Morgan fingerprint density at radius 2 is 1.70 bits per heavy atom. The summed E-state index contributed by atoms with van der Waals surface area (Å²) >= 11 is 0. The van der Waals surface area contributed by atoms with E-state index in [1.807, 2.05) is 24.3 Å². The van der Waals surface area contributed by atoms with Crippen molar-refractivity contribution >= 4 is 27.9 Å². The number of anilines is 1. The summed E-state index contributed by atoms with van der Waals surface area (Å²) < 4.78 is 24.5. The first-order valence-corrected chi connectivity index (χ1v) is 11.8. The summed E-state index contributed by atoms with van der Waals surface area (Å²) in [4.78, 5) is 2.82. The van der Waals surface area contributed by atoms with Gasteiger partial charge in [0.15, 0.2) is 9.84 Å². The number of hydrogen-bond donors (Lipinski definition) is 1. The van der Waals surface area contributed by atoms with Gasteiger partial charge in [-0.1, -0.05) is 54.6 Å². The molecule has 3 aromatic rings. The van der Waals surface area contributed by atoms with Crippen LogP contribution in [-0.4, -0.2) is 34.3 Å².